The fourth-order valence-electron chi connectivity index (χ4n) is 2.42. The number of ketones is 1. The maximum Gasteiger partial charge on any atom is 0.189 e. The van der Waals surface area contributed by atoms with Gasteiger partial charge in [-0.25, -0.2) is 0 Å². The molecule has 1 aliphatic rings. The zero-order valence-electron chi connectivity index (χ0n) is 11.8. The van der Waals surface area contributed by atoms with Gasteiger partial charge >= 0.3 is 0 Å². The summed E-state index contributed by atoms with van der Waals surface area (Å²) in [5.41, 5.74) is 2.64. The number of ether oxygens (including phenoxy) is 2. The third kappa shape index (κ3) is 2.56. The van der Waals surface area contributed by atoms with Crippen LogP contribution in [0.5, 0.6) is 5.75 Å². The third-order valence-electron chi connectivity index (χ3n) is 3.50. The van der Waals surface area contributed by atoms with Gasteiger partial charge < -0.3 is 9.47 Å². The van der Waals surface area contributed by atoms with Crippen molar-refractivity contribution in [1.82, 2.24) is 0 Å². The van der Waals surface area contributed by atoms with Gasteiger partial charge in [-0.1, -0.05) is 26.0 Å². The number of hydrogen-bond acceptors (Lipinski definition) is 3. The van der Waals surface area contributed by atoms with Crippen LogP contribution in [0, 0.1) is 12.3 Å². The van der Waals surface area contributed by atoms with E-state index in [9.17, 15) is 4.79 Å². The Morgan fingerprint density at radius 3 is 2.84 bits per heavy atom. The van der Waals surface area contributed by atoms with E-state index >= 15 is 0 Å². The van der Waals surface area contributed by atoms with E-state index in [4.69, 9.17) is 9.47 Å². The van der Waals surface area contributed by atoms with Gasteiger partial charge in [-0.15, -0.1) is 6.58 Å². The Labute approximate surface area is 114 Å². The first-order chi connectivity index (χ1) is 8.97. The van der Waals surface area contributed by atoms with Crippen LogP contribution in [0.1, 0.15) is 35.3 Å². The molecule has 0 unspecified atom stereocenters. The van der Waals surface area contributed by atoms with Crippen molar-refractivity contribution in [2.24, 2.45) is 5.41 Å². The Balaban J connectivity index is 2.26. The van der Waals surface area contributed by atoms with Crippen LogP contribution < -0.4 is 4.74 Å². The summed E-state index contributed by atoms with van der Waals surface area (Å²) in [6.07, 6.45) is 2.44. The molecule has 0 atom stereocenters. The van der Waals surface area contributed by atoms with Gasteiger partial charge in [0.25, 0.3) is 0 Å². The second-order valence-electron chi connectivity index (χ2n) is 5.55. The topological polar surface area (TPSA) is 35.5 Å². The largest absolute Gasteiger partial charge is 0.467 e. The van der Waals surface area contributed by atoms with Gasteiger partial charge in [0.1, 0.15) is 5.75 Å². The van der Waals surface area contributed by atoms with Crippen molar-refractivity contribution in [2.45, 2.75) is 27.2 Å². The first-order valence-electron chi connectivity index (χ1n) is 6.46. The average molecular weight is 260 g/mol. The normalized spacial score (nSPS) is 16.3. The second-order valence-corrected chi connectivity index (χ2v) is 5.55. The summed E-state index contributed by atoms with van der Waals surface area (Å²) in [5.74, 6) is 0.783. The van der Waals surface area contributed by atoms with Crippen molar-refractivity contribution in [3.63, 3.8) is 0 Å². The lowest BCUT2D eigenvalue weighted by atomic mass is 9.89. The molecule has 2 rings (SSSR count). The number of rotatable bonds is 5. The van der Waals surface area contributed by atoms with Gasteiger partial charge in [0.2, 0.25) is 0 Å². The zero-order valence-corrected chi connectivity index (χ0v) is 11.8. The van der Waals surface area contributed by atoms with Gasteiger partial charge in [0.05, 0.1) is 12.2 Å². The molecule has 0 N–H and O–H groups in total. The van der Waals surface area contributed by atoms with Crippen LogP contribution in [0.3, 0.4) is 0 Å². The van der Waals surface area contributed by atoms with Gasteiger partial charge in [-0.05, 0) is 30.5 Å². The summed E-state index contributed by atoms with van der Waals surface area (Å²) < 4.78 is 10.8. The van der Waals surface area contributed by atoms with Gasteiger partial charge in [-0.2, -0.15) is 0 Å². The fraction of sp³-hybridized carbons (Fsp3) is 0.438. The second kappa shape index (κ2) is 5.17. The average Bonchev–Trinajstić information content (AvgIpc) is 2.61. The maximum absolute atomic E-state index is 12.4. The van der Waals surface area contributed by atoms with Crippen LogP contribution in [0.2, 0.25) is 0 Å². The molecule has 0 heterocycles. The minimum atomic E-state index is -0.339. The minimum Gasteiger partial charge on any atom is -0.467 e. The summed E-state index contributed by atoms with van der Waals surface area (Å²) in [6.45, 7) is 10.1. The van der Waals surface area contributed by atoms with E-state index in [1.54, 1.807) is 6.08 Å². The molecule has 0 fully saturated rings. The van der Waals surface area contributed by atoms with Gasteiger partial charge in [-0.3, -0.25) is 4.79 Å². The Bertz CT molecular complexity index is 515. The number of fused-ring (bicyclic) bond motifs is 1. The first kappa shape index (κ1) is 13.8. The molecule has 1 aromatic carbocycles. The Hall–Kier alpha value is -1.61. The summed E-state index contributed by atoms with van der Waals surface area (Å²) in [5, 5.41) is 0. The molecule has 3 heteroatoms. The molecule has 0 aromatic heterocycles. The van der Waals surface area contributed by atoms with E-state index in [1.807, 2.05) is 32.9 Å². The van der Waals surface area contributed by atoms with Gasteiger partial charge in [0, 0.05) is 5.41 Å². The molecule has 102 valence electrons. The van der Waals surface area contributed by atoms with Crippen molar-refractivity contribution >= 4 is 5.78 Å². The minimum absolute atomic E-state index is 0.134. The van der Waals surface area contributed by atoms with Crippen molar-refractivity contribution in [3.8, 4) is 5.75 Å². The van der Waals surface area contributed by atoms with E-state index in [1.165, 1.54) is 0 Å². The van der Waals surface area contributed by atoms with Crippen LogP contribution in [0.25, 0.3) is 0 Å². The molecular weight excluding hydrogens is 240 g/mol. The fourth-order valence-corrected chi connectivity index (χ4v) is 2.42. The van der Waals surface area contributed by atoms with Crippen molar-refractivity contribution in [2.75, 3.05) is 13.4 Å². The molecule has 1 aliphatic carbocycles. The summed E-state index contributed by atoms with van der Waals surface area (Å²) in [6, 6.07) is 3.85. The van der Waals surface area contributed by atoms with Crippen LogP contribution >= 0.6 is 0 Å². The highest BCUT2D eigenvalue weighted by atomic mass is 16.7. The maximum atomic E-state index is 12.4. The van der Waals surface area contributed by atoms with E-state index in [0.29, 0.717) is 12.4 Å². The summed E-state index contributed by atoms with van der Waals surface area (Å²) in [4.78, 5) is 12.4. The van der Waals surface area contributed by atoms with Crippen LogP contribution in [0.15, 0.2) is 24.8 Å². The third-order valence-corrected chi connectivity index (χ3v) is 3.50. The lowest BCUT2D eigenvalue weighted by Gasteiger charge is -2.14. The molecule has 19 heavy (non-hydrogen) atoms. The number of carbonyl (C=O) groups is 1. The number of aryl methyl sites for hydroxylation is 1. The molecular formula is C16H20O3. The predicted molar refractivity (Wildman–Crippen MR) is 74.6 cm³/mol. The van der Waals surface area contributed by atoms with Crippen LogP contribution in [0.4, 0.5) is 0 Å². The molecule has 0 bridgehead atoms. The molecule has 0 spiro atoms. The Morgan fingerprint density at radius 1 is 1.42 bits per heavy atom. The summed E-state index contributed by atoms with van der Waals surface area (Å²) in [7, 11) is 0. The lowest BCUT2D eigenvalue weighted by molar-refractivity contribution is 0.0301. The standard InChI is InChI=1S/C16H20O3/c1-5-8-18-10-19-13-7-6-11(2)12-9-16(3,4)15(17)14(12)13/h5-7H,1,8-10H2,2-4H3. The zero-order chi connectivity index (χ0) is 14.0. The number of carbonyl (C=O) groups excluding carboxylic acids is 1. The van der Waals surface area contributed by atoms with Crippen molar-refractivity contribution < 1.29 is 14.3 Å². The Kier molecular flexibility index (Phi) is 3.76. The van der Waals surface area contributed by atoms with Gasteiger partial charge in [0.15, 0.2) is 12.6 Å². The number of Topliss-reactive ketones (excluding diaryl/α,β-unsaturated/α-hetero) is 1. The van der Waals surface area contributed by atoms with Crippen LogP contribution in [-0.4, -0.2) is 19.2 Å². The SMILES string of the molecule is C=CCOCOc1ccc(C)c2c1C(=O)C(C)(C)C2. The monoisotopic (exact) mass is 260 g/mol. The number of hydrogen-bond donors (Lipinski definition) is 0. The van der Waals surface area contributed by atoms with E-state index in [2.05, 4.69) is 6.58 Å². The van der Waals surface area contributed by atoms with Crippen molar-refractivity contribution in [1.29, 1.82) is 0 Å². The van der Waals surface area contributed by atoms with E-state index in [0.717, 1.165) is 23.1 Å². The molecule has 0 saturated heterocycles. The first-order valence-corrected chi connectivity index (χ1v) is 6.46. The highest BCUT2D eigenvalue weighted by molar-refractivity contribution is 6.07. The van der Waals surface area contributed by atoms with Crippen LogP contribution in [-0.2, 0) is 11.2 Å². The Morgan fingerprint density at radius 2 is 2.16 bits per heavy atom. The van der Waals surface area contributed by atoms with E-state index in [-0.39, 0.29) is 18.0 Å². The predicted octanol–water partition coefficient (Wildman–Crippen LogP) is 3.30. The highest BCUT2D eigenvalue weighted by Crippen LogP contribution is 2.42. The summed E-state index contributed by atoms with van der Waals surface area (Å²) >= 11 is 0. The molecule has 0 saturated carbocycles. The molecule has 0 radical (unpaired) electrons. The highest BCUT2D eigenvalue weighted by Gasteiger charge is 2.40. The smallest absolute Gasteiger partial charge is 0.189 e. The molecule has 0 amide bonds. The number of benzene rings is 1. The lowest BCUT2D eigenvalue weighted by Crippen LogP contribution is -2.19. The van der Waals surface area contributed by atoms with E-state index < -0.39 is 0 Å². The quantitative estimate of drug-likeness (QED) is 0.463. The molecule has 3 nitrogen and oxygen atoms in total. The molecule has 0 aliphatic heterocycles. The molecule has 1 aromatic rings. The van der Waals surface area contributed by atoms with Crippen molar-refractivity contribution in [3.05, 3.63) is 41.5 Å².